The minimum Gasteiger partial charge on any atom is -0.434 e. The number of fused-ring (bicyclic) bond motifs is 1. The maximum Gasteiger partial charge on any atom is 0.266 e. The van der Waals surface area contributed by atoms with Gasteiger partial charge >= 0.3 is 0 Å². The highest BCUT2D eigenvalue weighted by molar-refractivity contribution is 6.00. The number of hydrogen-bond acceptors (Lipinski definition) is 5. The van der Waals surface area contributed by atoms with Crippen molar-refractivity contribution in [2.45, 2.75) is 64.5 Å². The van der Waals surface area contributed by atoms with Crippen LogP contribution in [0.3, 0.4) is 0 Å². The zero-order valence-electron chi connectivity index (χ0n) is 16.4. The van der Waals surface area contributed by atoms with Crippen LogP contribution >= 0.6 is 0 Å². The summed E-state index contributed by atoms with van der Waals surface area (Å²) in [5.41, 5.74) is 1.12. The summed E-state index contributed by atoms with van der Waals surface area (Å²) in [6.45, 7) is 2.99. The maximum atomic E-state index is 12.7. The van der Waals surface area contributed by atoms with E-state index in [9.17, 15) is 14.4 Å². The first kappa shape index (κ1) is 20.0. The number of carbonyl (C=O) groups is 3. The molecule has 0 bridgehead atoms. The lowest BCUT2D eigenvalue weighted by Crippen LogP contribution is -2.51. The quantitative estimate of drug-likeness (QED) is 0.714. The number of ketones is 1. The zero-order valence-corrected chi connectivity index (χ0v) is 16.4. The maximum absolute atomic E-state index is 12.7. The van der Waals surface area contributed by atoms with Gasteiger partial charge in [0.2, 0.25) is 17.6 Å². The summed E-state index contributed by atoms with van der Waals surface area (Å²) in [5.74, 6) is -0.618. The first-order chi connectivity index (χ1) is 13.4. The topological polar surface area (TPSA) is 101 Å². The molecule has 1 fully saturated rings. The molecule has 0 saturated heterocycles. The van der Waals surface area contributed by atoms with Gasteiger partial charge in [0.25, 0.3) is 5.89 Å². The second-order valence-electron chi connectivity index (χ2n) is 7.57. The van der Waals surface area contributed by atoms with Crippen molar-refractivity contribution in [1.29, 1.82) is 0 Å². The molecule has 2 atom stereocenters. The van der Waals surface area contributed by atoms with Crippen molar-refractivity contribution in [3.05, 3.63) is 30.2 Å². The van der Waals surface area contributed by atoms with Crippen LogP contribution < -0.4 is 10.6 Å². The molecule has 1 aromatic carbocycles. The molecule has 1 aromatic heterocycles. The minimum atomic E-state index is -0.803. The predicted octanol–water partition coefficient (Wildman–Crippen LogP) is 2.99. The van der Waals surface area contributed by atoms with Crippen molar-refractivity contribution in [2.24, 2.45) is 5.92 Å². The Morgan fingerprint density at radius 1 is 1.14 bits per heavy atom. The smallest absolute Gasteiger partial charge is 0.266 e. The van der Waals surface area contributed by atoms with Crippen molar-refractivity contribution in [3.8, 4) is 0 Å². The highest BCUT2D eigenvalue weighted by atomic mass is 16.4. The Morgan fingerprint density at radius 3 is 2.54 bits per heavy atom. The van der Waals surface area contributed by atoms with E-state index in [0.717, 1.165) is 25.7 Å². The van der Waals surface area contributed by atoms with Gasteiger partial charge in [-0.05, 0) is 31.4 Å². The molecule has 7 nitrogen and oxygen atoms in total. The molecule has 0 spiro atoms. The average Bonchev–Trinajstić information content (AvgIpc) is 3.11. The summed E-state index contributed by atoms with van der Waals surface area (Å²) < 4.78 is 5.50. The number of hydrogen-bond donors (Lipinski definition) is 2. The number of para-hydroxylation sites is 2. The van der Waals surface area contributed by atoms with Gasteiger partial charge in [0.15, 0.2) is 5.58 Å². The van der Waals surface area contributed by atoms with E-state index in [1.165, 1.54) is 13.3 Å². The molecule has 0 aliphatic heterocycles. The standard InChI is InChI=1S/C21H27N3O4/c1-13(19(26)21-24-16-10-6-7-11-18(16)28-21)22-20(27)17(23-14(2)25)12-15-8-4-3-5-9-15/h6-7,10-11,13,15,17H,3-5,8-9,12H2,1-2H3,(H,22,27)(H,23,25)/t13-,17-/m0/s1. The third kappa shape index (κ3) is 4.97. The summed E-state index contributed by atoms with van der Waals surface area (Å²) in [5, 5.41) is 5.45. The number of benzene rings is 1. The highest BCUT2D eigenvalue weighted by Crippen LogP contribution is 2.27. The number of nitrogens with one attached hydrogen (secondary N) is 2. The fourth-order valence-electron chi connectivity index (χ4n) is 3.78. The van der Waals surface area contributed by atoms with Crippen LogP contribution in [0, 0.1) is 5.92 Å². The summed E-state index contributed by atoms with van der Waals surface area (Å²) in [7, 11) is 0. The van der Waals surface area contributed by atoms with Crippen molar-refractivity contribution in [3.63, 3.8) is 0 Å². The van der Waals surface area contributed by atoms with Gasteiger partial charge in [0, 0.05) is 6.92 Å². The number of carbonyl (C=O) groups excluding carboxylic acids is 3. The lowest BCUT2D eigenvalue weighted by atomic mass is 9.84. The molecule has 2 aromatic rings. The normalized spacial score (nSPS) is 17.1. The van der Waals surface area contributed by atoms with Crippen molar-refractivity contribution >= 4 is 28.7 Å². The summed E-state index contributed by atoms with van der Waals surface area (Å²) in [4.78, 5) is 41.1. The van der Waals surface area contributed by atoms with Crippen LogP contribution in [0.1, 0.15) is 63.1 Å². The van der Waals surface area contributed by atoms with E-state index in [4.69, 9.17) is 4.42 Å². The number of Topliss-reactive ketones (excluding diaryl/α,β-unsaturated/α-hetero) is 1. The number of oxazole rings is 1. The Hall–Kier alpha value is -2.70. The van der Waals surface area contributed by atoms with Crippen LogP contribution in [0.4, 0.5) is 0 Å². The van der Waals surface area contributed by atoms with Crippen LogP contribution in [0.5, 0.6) is 0 Å². The molecule has 2 N–H and O–H groups in total. The van der Waals surface area contributed by atoms with E-state index in [1.807, 2.05) is 6.07 Å². The zero-order chi connectivity index (χ0) is 20.1. The SMILES string of the molecule is CC(=O)N[C@@H](CC1CCCCC1)C(=O)N[C@@H](C)C(=O)c1nc2ccccc2o1. The number of nitrogens with zero attached hydrogens (tertiary/aromatic N) is 1. The van der Waals surface area contributed by atoms with Crippen LogP contribution in [0.25, 0.3) is 11.1 Å². The molecule has 0 radical (unpaired) electrons. The molecule has 28 heavy (non-hydrogen) atoms. The monoisotopic (exact) mass is 385 g/mol. The van der Waals surface area contributed by atoms with Gasteiger partial charge in [-0.3, -0.25) is 14.4 Å². The lowest BCUT2D eigenvalue weighted by Gasteiger charge is -2.27. The molecular weight excluding hydrogens is 358 g/mol. The molecule has 7 heteroatoms. The Balaban J connectivity index is 1.65. The molecule has 2 amide bonds. The summed E-state index contributed by atoms with van der Waals surface area (Å²) in [6.07, 6.45) is 6.28. The van der Waals surface area contributed by atoms with Crippen LogP contribution in [0.2, 0.25) is 0 Å². The molecule has 1 saturated carbocycles. The molecule has 0 unspecified atom stereocenters. The van der Waals surface area contributed by atoms with E-state index in [0.29, 0.717) is 23.4 Å². The predicted molar refractivity (Wildman–Crippen MR) is 105 cm³/mol. The Morgan fingerprint density at radius 2 is 1.86 bits per heavy atom. The molecule has 3 rings (SSSR count). The van der Waals surface area contributed by atoms with Crippen molar-refractivity contribution in [1.82, 2.24) is 15.6 Å². The Bertz CT molecular complexity index is 821. The van der Waals surface area contributed by atoms with Crippen LogP contribution in [0.15, 0.2) is 28.7 Å². The van der Waals surface area contributed by atoms with E-state index >= 15 is 0 Å². The minimum absolute atomic E-state index is 0.0302. The summed E-state index contributed by atoms with van der Waals surface area (Å²) in [6, 6.07) is 5.67. The third-order valence-corrected chi connectivity index (χ3v) is 5.24. The third-order valence-electron chi connectivity index (χ3n) is 5.24. The Labute approximate surface area is 164 Å². The molecule has 150 valence electrons. The highest BCUT2D eigenvalue weighted by Gasteiger charge is 2.29. The van der Waals surface area contributed by atoms with E-state index in [2.05, 4.69) is 15.6 Å². The average molecular weight is 385 g/mol. The largest absolute Gasteiger partial charge is 0.434 e. The van der Waals surface area contributed by atoms with Gasteiger partial charge in [0.05, 0.1) is 6.04 Å². The van der Waals surface area contributed by atoms with E-state index in [1.54, 1.807) is 25.1 Å². The van der Waals surface area contributed by atoms with Gasteiger partial charge in [-0.1, -0.05) is 44.2 Å². The van der Waals surface area contributed by atoms with Gasteiger partial charge < -0.3 is 15.1 Å². The Kier molecular flexibility index (Phi) is 6.44. The van der Waals surface area contributed by atoms with Crippen LogP contribution in [-0.4, -0.2) is 34.7 Å². The first-order valence-electron chi connectivity index (χ1n) is 9.91. The van der Waals surface area contributed by atoms with Gasteiger partial charge in [0.1, 0.15) is 11.6 Å². The fourth-order valence-corrected chi connectivity index (χ4v) is 3.78. The van der Waals surface area contributed by atoms with Crippen molar-refractivity contribution in [2.75, 3.05) is 0 Å². The number of rotatable bonds is 7. The molecular formula is C21H27N3O4. The first-order valence-corrected chi connectivity index (χ1v) is 9.91. The summed E-state index contributed by atoms with van der Waals surface area (Å²) >= 11 is 0. The fraction of sp³-hybridized carbons (Fsp3) is 0.524. The van der Waals surface area contributed by atoms with E-state index in [-0.39, 0.29) is 17.7 Å². The molecule has 1 aliphatic rings. The van der Waals surface area contributed by atoms with Gasteiger partial charge in [-0.2, -0.15) is 0 Å². The second-order valence-corrected chi connectivity index (χ2v) is 7.57. The number of aromatic nitrogens is 1. The van der Waals surface area contributed by atoms with Crippen LogP contribution in [-0.2, 0) is 9.59 Å². The number of amides is 2. The lowest BCUT2D eigenvalue weighted by molar-refractivity contribution is -0.128. The van der Waals surface area contributed by atoms with Crippen molar-refractivity contribution < 1.29 is 18.8 Å². The molecule has 1 heterocycles. The second kappa shape index (κ2) is 8.99. The van der Waals surface area contributed by atoms with Gasteiger partial charge in [-0.15, -0.1) is 0 Å². The van der Waals surface area contributed by atoms with Gasteiger partial charge in [-0.25, -0.2) is 4.98 Å². The van der Waals surface area contributed by atoms with E-state index < -0.39 is 17.9 Å². The molecule has 1 aliphatic carbocycles.